The Morgan fingerprint density at radius 2 is 2.09 bits per heavy atom. The molecule has 62 valence electrons. The number of ether oxygens (including phenoxy) is 1. The lowest BCUT2D eigenvalue weighted by Crippen LogP contribution is -2.16. The van der Waals surface area contributed by atoms with Gasteiger partial charge in [0, 0.05) is 11.8 Å². The number of hydrogen-bond acceptors (Lipinski definition) is 2. The fraction of sp³-hybridized carbons (Fsp3) is 0.750. The summed E-state index contributed by atoms with van der Waals surface area (Å²) in [4.78, 5) is 14.8. The van der Waals surface area contributed by atoms with E-state index in [0.717, 1.165) is 0 Å². The molecular weight excluding hydrogens is 142 g/mol. The van der Waals surface area contributed by atoms with Gasteiger partial charge in [-0.3, -0.25) is 4.79 Å². The highest BCUT2D eigenvalue weighted by atomic mass is 16.5. The lowest BCUT2D eigenvalue weighted by molar-refractivity contribution is -0.120. The molecule has 2 atom stereocenters. The summed E-state index contributed by atoms with van der Waals surface area (Å²) >= 11 is 0. The summed E-state index contributed by atoms with van der Waals surface area (Å²) in [6, 6.07) is 0. The summed E-state index contributed by atoms with van der Waals surface area (Å²) < 4.78 is 5.19. The van der Waals surface area contributed by atoms with E-state index in [-0.39, 0.29) is 17.7 Å². The summed E-state index contributed by atoms with van der Waals surface area (Å²) in [7, 11) is 0. The average Bonchev–Trinajstić information content (AvgIpc) is 2.19. The summed E-state index contributed by atoms with van der Waals surface area (Å²) in [5.41, 5.74) is 0. The summed E-state index contributed by atoms with van der Waals surface area (Å²) in [6.07, 6.45) is 0. The molecule has 0 bridgehead atoms. The van der Waals surface area contributed by atoms with E-state index >= 15 is 0 Å². The fourth-order valence-electron chi connectivity index (χ4n) is 1.05. The van der Waals surface area contributed by atoms with Gasteiger partial charge < -0.3 is 4.74 Å². The molecule has 0 aromatic heterocycles. The molecular formula is C8H13NO2. The van der Waals surface area contributed by atoms with Gasteiger partial charge in [-0.1, -0.05) is 13.8 Å². The standard InChI is InChI=1S/C8H13NO2/c1-4-11-8-6(3)5(2)7(10)9-8/h5-6H,4H2,1-3H3/t5-,6-/m0/s1. The number of rotatable bonds is 1. The number of hydrogen-bond donors (Lipinski definition) is 0. The smallest absolute Gasteiger partial charge is 0.252 e. The van der Waals surface area contributed by atoms with Gasteiger partial charge in [0.1, 0.15) is 0 Å². The van der Waals surface area contributed by atoms with Gasteiger partial charge in [0.25, 0.3) is 5.91 Å². The van der Waals surface area contributed by atoms with E-state index in [2.05, 4.69) is 4.99 Å². The molecule has 0 radical (unpaired) electrons. The van der Waals surface area contributed by atoms with Crippen LogP contribution in [0.5, 0.6) is 0 Å². The maximum absolute atomic E-state index is 11.0. The zero-order valence-electron chi connectivity index (χ0n) is 7.13. The Labute approximate surface area is 66.5 Å². The van der Waals surface area contributed by atoms with Gasteiger partial charge in [-0.05, 0) is 6.92 Å². The summed E-state index contributed by atoms with van der Waals surface area (Å²) in [5, 5.41) is 0. The van der Waals surface area contributed by atoms with Crippen LogP contribution in [-0.4, -0.2) is 18.4 Å². The molecule has 3 heteroatoms. The molecule has 0 unspecified atom stereocenters. The Balaban J connectivity index is 2.67. The first kappa shape index (κ1) is 8.24. The molecule has 0 spiro atoms. The Morgan fingerprint density at radius 3 is 2.45 bits per heavy atom. The van der Waals surface area contributed by atoms with Crippen molar-refractivity contribution >= 4 is 11.8 Å². The van der Waals surface area contributed by atoms with E-state index in [1.807, 2.05) is 20.8 Å². The van der Waals surface area contributed by atoms with Crippen LogP contribution in [-0.2, 0) is 9.53 Å². The van der Waals surface area contributed by atoms with E-state index < -0.39 is 0 Å². The highest BCUT2D eigenvalue weighted by Gasteiger charge is 2.32. The maximum Gasteiger partial charge on any atom is 0.252 e. The van der Waals surface area contributed by atoms with Crippen molar-refractivity contribution in [3.05, 3.63) is 0 Å². The monoisotopic (exact) mass is 155 g/mol. The van der Waals surface area contributed by atoms with E-state index in [1.54, 1.807) is 0 Å². The highest BCUT2D eigenvalue weighted by Crippen LogP contribution is 2.22. The molecule has 1 rings (SSSR count). The number of nitrogens with zero attached hydrogens (tertiary/aromatic N) is 1. The Kier molecular flexibility index (Phi) is 2.27. The molecule has 3 nitrogen and oxygen atoms in total. The predicted molar refractivity (Wildman–Crippen MR) is 42.4 cm³/mol. The first-order chi connectivity index (χ1) is 5.16. The largest absolute Gasteiger partial charge is 0.481 e. The van der Waals surface area contributed by atoms with Crippen LogP contribution in [0, 0.1) is 11.8 Å². The molecule has 1 amide bonds. The third kappa shape index (κ3) is 1.42. The molecule has 0 aliphatic carbocycles. The van der Waals surface area contributed by atoms with Crippen LogP contribution in [0.4, 0.5) is 0 Å². The van der Waals surface area contributed by atoms with E-state index in [4.69, 9.17) is 4.74 Å². The number of amides is 1. The number of carbonyl (C=O) groups is 1. The first-order valence-electron chi connectivity index (χ1n) is 3.92. The minimum Gasteiger partial charge on any atom is -0.481 e. The van der Waals surface area contributed by atoms with Crippen molar-refractivity contribution < 1.29 is 9.53 Å². The molecule has 1 aliphatic heterocycles. The lowest BCUT2D eigenvalue weighted by atomic mass is 9.99. The first-order valence-corrected chi connectivity index (χ1v) is 3.92. The van der Waals surface area contributed by atoms with Gasteiger partial charge in [-0.15, -0.1) is 0 Å². The van der Waals surface area contributed by atoms with Crippen LogP contribution in [0.15, 0.2) is 4.99 Å². The Bertz CT molecular complexity index is 198. The molecule has 11 heavy (non-hydrogen) atoms. The van der Waals surface area contributed by atoms with Crippen molar-refractivity contribution in [1.29, 1.82) is 0 Å². The molecule has 0 aromatic carbocycles. The second-order valence-electron chi connectivity index (χ2n) is 2.80. The molecule has 0 saturated carbocycles. The van der Waals surface area contributed by atoms with Crippen molar-refractivity contribution in [2.24, 2.45) is 16.8 Å². The van der Waals surface area contributed by atoms with Gasteiger partial charge in [-0.2, -0.15) is 4.99 Å². The minimum atomic E-state index is -0.0547. The van der Waals surface area contributed by atoms with E-state index in [1.165, 1.54) is 0 Å². The van der Waals surface area contributed by atoms with Crippen LogP contribution in [0.1, 0.15) is 20.8 Å². The average molecular weight is 155 g/mol. The zero-order valence-corrected chi connectivity index (χ0v) is 7.13. The number of carbonyl (C=O) groups excluding carboxylic acids is 1. The minimum absolute atomic E-state index is 0.00319. The van der Waals surface area contributed by atoms with Crippen molar-refractivity contribution in [3.63, 3.8) is 0 Å². The third-order valence-corrected chi connectivity index (χ3v) is 2.04. The normalized spacial score (nSPS) is 30.5. The van der Waals surface area contributed by atoms with Crippen molar-refractivity contribution in [3.8, 4) is 0 Å². The summed E-state index contributed by atoms with van der Waals surface area (Å²) in [6.45, 7) is 6.32. The lowest BCUT2D eigenvalue weighted by Gasteiger charge is -2.09. The second kappa shape index (κ2) is 3.03. The van der Waals surface area contributed by atoms with Gasteiger partial charge in [0.15, 0.2) is 5.90 Å². The quantitative estimate of drug-likeness (QED) is 0.571. The van der Waals surface area contributed by atoms with Gasteiger partial charge in [-0.25, -0.2) is 0 Å². The van der Waals surface area contributed by atoms with E-state index in [0.29, 0.717) is 12.5 Å². The van der Waals surface area contributed by atoms with E-state index in [9.17, 15) is 4.79 Å². The van der Waals surface area contributed by atoms with Gasteiger partial charge >= 0.3 is 0 Å². The van der Waals surface area contributed by atoms with Crippen molar-refractivity contribution in [2.45, 2.75) is 20.8 Å². The highest BCUT2D eigenvalue weighted by molar-refractivity contribution is 6.01. The van der Waals surface area contributed by atoms with Crippen molar-refractivity contribution in [1.82, 2.24) is 0 Å². The zero-order chi connectivity index (χ0) is 8.43. The van der Waals surface area contributed by atoms with Gasteiger partial charge in [0.05, 0.1) is 6.61 Å². The van der Waals surface area contributed by atoms with Crippen LogP contribution in [0.25, 0.3) is 0 Å². The molecule has 0 aromatic rings. The maximum atomic E-state index is 11.0. The Hall–Kier alpha value is -0.860. The van der Waals surface area contributed by atoms with Crippen molar-refractivity contribution in [2.75, 3.05) is 6.61 Å². The molecule has 1 heterocycles. The molecule has 0 fully saturated rings. The molecule has 0 saturated heterocycles. The molecule has 1 aliphatic rings. The van der Waals surface area contributed by atoms with Gasteiger partial charge in [0.2, 0.25) is 0 Å². The Morgan fingerprint density at radius 1 is 1.45 bits per heavy atom. The third-order valence-electron chi connectivity index (χ3n) is 2.04. The van der Waals surface area contributed by atoms with Crippen LogP contribution >= 0.6 is 0 Å². The predicted octanol–water partition coefficient (Wildman–Crippen LogP) is 1.23. The topological polar surface area (TPSA) is 38.7 Å². The van der Waals surface area contributed by atoms with Crippen LogP contribution in [0.2, 0.25) is 0 Å². The number of aliphatic imine (C=N–C) groups is 1. The fourth-order valence-corrected chi connectivity index (χ4v) is 1.05. The molecule has 0 N–H and O–H groups in total. The SMILES string of the molecule is CCOC1=NC(=O)[C@@H](C)[C@@H]1C. The van der Waals surface area contributed by atoms with Crippen LogP contribution in [0.3, 0.4) is 0 Å². The summed E-state index contributed by atoms with van der Waals surface area (Å²) in [5.74, 6) is 0.699. The second-order valence-corrected chi connectivity index (χ2v) is 2.80. The van der Waals surface area contributed by atoms with Crippen LogP contribution < -0.4 is 0 Å².